The lowest BCUT2D eigenvalue weighted by molar-refractivity contribution is 0.0935. The average Bonchev–Trinajstić information content (AvgIpc) is 3.09. The third-order valence-corrected chi connectivity index (χ3v) is 3.97. The fraction of sp³-hybridized carbons (Fsp3) is 0.294. The standard InChI is InChI=1S/C17H17FN6O2/c1-26-15-4-6-20-17(23-15)22-11-2-3-13(14(18)8-11)16(25)21-12-5-7-24(9-12)10-19/h2-4,6,8,12H,5,7,9H2,1H3,(H,21,25)(H,20,22,23)/t12-/m1/s1. The lowest BCUT2D eigenvalue weighted by atomic mass is 10.1. The second-order valence-corrected chi connectivity index (χ2v) is 5.75. The lowest BCUT2D eigenvalue weighted by Gasteiger charge is -2.13. The van der Waals surface area contributed by atoms with Gasteiger partial charge in [0.2, 0.25) is 11.8 Å². The second-order valence-electron chi connectivity index (χ2n) is 5.75. The van der Waals surface area contributed by atoms with Crippen molar-refractivity contribution in [2.45, 2.75) is 12.5 Å². The molecule has 0 radical (unpaired) electrons. The first-order chi connectivity index (χ1) is 12.6. The molecule has 8 nitrogen and oxygen atoms in total. The number of likely N-dealkylation sites (tertiary alicyclic amines) is 1. The van der Waals surface area contributed by atoms with Crippen molar-refractivity contribution in [1.82, 2.24) is 20.2 Å². The summed E-state index contributed by atoms with van der Waals surface area (Å²) in [6.07, 6.45) is 4.21. The van der Waals surface area contributed by atoms with Crippen molar-refractivity contribution in [2.75, 3.05) is 25.5 Å². The van der Waals surface area contributed by atoms with Gasteiger partial charge in [0.05, 0.1) is 12.7 Å². The summed E-state index contributed by atoms with van der Waals surface area (Å²) in [5.41, 5.74) is 0.348. The number of halogens is 1. The van der Waals surface area contributed by atoms with E-state index in [4.69, 9.17) is 10.00 Å². The Balaban J connectivity index is 1.67. The van der Waals surface area contributed by atoms with Gasteiger partial charge in [-0.25, -0.2) is 9.37 Å². The van der Waals surface area contributed by atoms with Crippen molar-refractivity contribution in [2.24, 2.45) is 0 Å². The van der Waals surface area contributed by atoms with E-state index in [2.05, 4.69) is 20.6 Å². The van der Waals surface area contributed by atoms with Gasteiger partial charge in [0, 0.05) is 37.1 Å². The fourth-order valence-corrected chi connectivity index (χ4v) is 2.65. The molecule has 2 N–H and O–H groups in total. The summed E-state index contributed by atoms with van der Waals surface area (Å²) in [5, 5.41) is 14.4. The second kappa shape index (κ2) is 7.65. The van der Waals surface area contributed by atoms with Gasteiger partial charge in [0.25, 0.3) is 5.91 Å². The number of carbonyl (C=O) groups excluding carboxylic acids is 1. The van der Waals surface area contributed by atoms with Crippen LogP contribution < -0.4 is 15.4 Å². The van der Waals surface area contributed by atoms with Crippen molar-refractivity contribution >= 4 is 17.5 Å². The molecule has 3 rings (SSSR count). The number of hydrogen-bond acceptors (Lipinski definition) is 7. The number of nitriles is 1. The maximum absolute atomic E-state index is 14.3. The van der Waals surface area contributed by atoms with E-state index in [0.717, 1.165) is 0 Å². The zero-order chi connectivity index (χ0) is 18.5. The van der Waals surface area contributed by atoms with Crippen LogP contribution in [-0.4, -0.2) is 47.0 Å². The largest absolute Gasteiger partial charge is 0.481 e. The molecule has 9 heteroatoms. The Morgan fingerprint density at radius 1 is 1.46 bits per heavy atom. The van der Waals surface area contributed by atoms with Crippen molar-refractivity contribution < 1.29 is 13.9 Å². The number of anilines is 2. The molecule has 1 aliphatic rings. The fourth-order valence-electron chi connectivity index (χ4n) is 2.65. The Morgan fingerprint density at radius 2 is 2.31 bits per heavy atom. The number of hydrogen-bond donors (Lipinski definition) is 2. The van der Waals surface area contributed by atoms with Crippen LogP contribution in [0.3, 0.4) is 0 Å². The van der Waals surface area contributed by atoms with E-state index in [1.807, 2.05) is 6.19 Å². The summed E-state index contributed by atoms with van der Waals surface area (Å²) >= 11 is 0. The minimum Gasteiger partial charge on any atom is -0.481 e. The van der Waals surface area contributed by atoms with E-state index < -0.39 is 11.7 Å². The number of rotatable bonds is 5. The molecule has 134 valence electrons. The van der Waals surface area contributed by atoms with Crippen LogP contribution in [-0.2, 0) is 0 Å². The van der Waals surface area contributed by atoms with Gasteiger partial charge < -0.3 is 20.3 Å². The van der Waals surface area contributed by atoms with Crippen molar-refractivity contribution in [1.29, 1.82) is 5.26 Å². The van der Waals surface area contributed by atoms with Crippen molar-refractivity contribution in [3.63, 3.8) is 0 Å². The Hall–Kier alpha value is -3.41. The first-order valence-corrected chi connectivity index (χ1v) is 7.98. The molecular weight excluding hydrogens is 339 g/mol. The smallest absolute Gasteiger partial charge is 0.254 e. The maximum Gasteiger partial charge on any atom is 0.254 e. The van der Waals surface area contributed by atoms with Crippen LogP contribution in [0.25, 0.3) is 0 Å². The molecule has 1 amide bonds. The molecular formula is C17H17FN6O2. The summed E-state index contributed by atoms with van der Waals surface area (Å²) in [4.78, 5) is 21.9. The number of carbonyl (C=O) groups is 1. The van der Waals surface area contributed by atoms with Crippen LogP contribution >= 0.6 is 0 Å². The van der Waals surface area contributed by atoms with Gasteiger partial charge in [-0.2, -0.15) is 10.2 Å². The van der Waals surface area contributed by atoms with Gasteiger partial charge in [-0.1, -0.05) is 0 Å². The van der Waals surface area contributed by atoms with Crippen molar-refractivity contribution in [3.8, 4) is 12.1 Å². The molecule has 0 spiro atoms. The third-order valence-electron chi connectivity index (χ3n) is 3.97. The number of benzene rings is 1. The Morgan fingerprint density at radius 3 is 3.00 bits per heavy atom. The Kier molecular flexibility index (Phi) is 5.12. The van der Waals surface area contributed by atoms with E-state index >= 15 is 0 Å². The molecule has 1 aliphatic heterocycles. The highest BCUT2D eigenvalue weighted by Crippen LogP contribution is 2.19. The highest BCUT2D eigenvalue weighted by atomic mass is 19.1. The monoisotopic (exact) mass is 356 g/mol. The van der Waals surface area contributed by atoms with E-state index in [1.165, 1.54) is 25.4 Å². The Bertz CT molecular complexity index is 853. The maximum atomic E-state index is 14.3. The van der Waals surface area contributed by atoms with Crippen molar-refractivity contribution in [3.05, 3.63) is 41.8 Å². The molecule has 1 aromatic carbocycles. The molecule has 0 bridgehead atoms. The number of nitrogens with zero attached hydrogens (tertiary/aromatic N) is 4. The minimum absolute atomic E-state index is 0.0579. The minimum atomic E-state index is -0.662. The van der Waals surface area contributed by atoms with Gasteiger partial charge in [0.15, 0.2) is 6.19 Å². The summed E-state index contributed by atoms with van der Waals surface area (Å²) < 4.78 is 19.3. The molecule has 0 saturated carbocycles. The predicted molar refractivity (Wildman–Crippen MR) is 91.3 cm³/mol. The Labute approximate surface area is 149 Å². The molecule has 2 heterocycles. The van der Waals surface area contributed by atoms with Gasteiger partial charge in [-0.3, -0.25) is 4.79 Å². The normalized spacial score (nSPS) is 16.0. The first-order valence-electron chi connectivity index (χ1n) is 7.98. The van der Waals surface area contributed by atoms with Crippen LogP contribution in [0.2, 0.25) is 0 Å². The number of aromatic nitrogens is 2. The van der Waals surface area contributed by atoms with E-state index in [9.17, 15) is 9.18 Å². The number of methoxy groups -OCH3 is 1. The van der Waals surface area contributed by atoms with Crippen LogP contribution in [0.5, 0.6) is 5.88 Å². The molecule has 0 aliphatic carbocycles. The molecule has 2 aromatic rings. The topological polar surface area (TPSA) is 103 Å². The molecule has 1 saturated heterocycles. The van der Waals surface area contributed by atoms with Crippen LogP contribution in [0.1, 0.15) is 16.8 Å². The zero-order valence-corrected chi connectivity index (χ0v) is 14.1. The molecule has 26 heavy (non-hydrogen) atoms. The summed E-state index contributed by atoms with van der Waals surface area (Å²) in [7, 11) is 1.49. The van der Waals surface area contributed by atoms with Gasteiger partial charge in [-0.15, -0.1) is 0 Å². The quantitative estimate of drug-likeness (QED) is 0.785. The average molecular weight is 356 g/mol. The first kappa shape index (κ1) is 17.4. The molecule has 1 fully saturated rings. The SMILES string of the molecule is COc1ccnc(Nc2ccc(C(=O)N[C@@H]3CCN(C#N)C3)c(F)c2)n1. The lowest BCUT2D eigenvalue weighted by Crippen LogP contribution is -2.36. The summed E-state index contributed by atoms with van der Waals surface area (Å²) in [6.45, 7) is 1.03. The molecule has 1 aromatic heterocycles. The van der Waals surface area contributed by atoms with Gasteiger partial charge in [0.1, 0.15) is 5.82 Å². The van der Waals surface area contributed by atoms with E-state index in [0.29, 0.717) is 31.1 Å². The summed E-state index contributed by atoms with van der Waals surface area (Å²) in [5.74, 6) is -0.535. The molecule has 0 unspecified atom stereocenters. The van der Waals surface area contributed by atoms with Crippen LogP contribution in [0.4, 0.5) is 16.0 Å². The predicted octanol–water partition coefficient (Wildman–Crippen LogP) is 1.65. The number of nitrogens with one attached hydrogen (secondary N) is 2. The van der Waals surface area contributed by atoms with Gasteiger partial charge >= 0.3 is 0 Å². The summed E-state index contributed by atoms with van der Waals surface area (Å²) in [6, 6.07) is 5.59. The highest BCUT2D eigenvalue weighted by Gasteiger charge is 2.24. The van der Waals surface area contributed by atoms with Gasteiger partial charge in [-0.05, 0) is 24.6 Å². The third kappa shape index (κ3) is 3.97. The van der Waals surface area contributed by atoms with Crippen LogP contribution in [0.15, 0.2) is 30.5 Å². The number of amides is 1. The van der Waals surface area contributed by atoms with Crippen LogP contribution in [0, 0.1) is 17.3 Å². The van der Waals surface area contributed by atoms with E-state index in [-0.39, 0.29) is 17.6 Å². The van der Waals surface area contributed by atoms with E-state index in [1.54, 1.807) is 17.0 Å². The zero-order valence-electron chi connectivity index (χ0n) is 14.1. The highest BCUT2D eigenvalue weighted by molar-refractivity contribution is 5.95. The number of ether oxygens (including phenoxy) is 1. The molecule has 1 atom stereocenters.